The molecule has 0 radical (unpaired) electrons. The molecule has 0 spiro atoms. The van der Waals surface area contributed by atoms with Crippen LogP contribution in [0.4, 0.5) is 5.69 Å². The van der Waals surface area contributed by atoms with Gasteiger partial charge >= 0.3 is 17.9 Å². The van der Waals surface area contributed by atoms with Crippen LogP contribution in [-0.2, 0) is 47.8 Å². The third kappa shape index (κ3) is 7.89. The SMILES string of the molecule is CC(=O)N[C@H]1[C@@H](O/N=C2/C(=O)N(CCOc3ccccc3)c3ccccc32)O[C@@H](COC(C)=O)[C@@H](OC(C)=O)[C@H]1OC(C)=O. The number of benzene rings is 2. The Labute approximate surface area is 253 Å². The molecule has 0 aromatic heterocycles. The molecule has 44 heavy (non-hydrogen) atoms. The standard InChI is InChI=1S/C30H33N3O11/c1-17(34)31-26-28(42-20(4)37)27(41-19(3)36)24(16-40-18(2)35)43-30(26)44-32-25-22-12-8-9-13-23(22)33(29(25)38)14-15-39-21-10-6-5-7-11-21/h5-13,24,26-28,30H,14-16H2,1-4H3,(H,31,34)/b32-25+/t24-,26+,27+,28-,30+/m0/s1. The number of hydrogen-bond donors (Lipinski definition) is 1. The van der Waals surface area contributed by atoms with Crippen LogP contribution in [0.5, 0.6) is 5.75 Å². The molecule has 1 fully saturated rings. The van der Waals surface area contributed by atoms with Crippen LogP contribution in [0.1, 0.15) is 33.3 Å². The minimum atomic E-state index is -1.47. The van der Waals surface area contributed by atoms with Crippen molar-refractivity contribution in [2.24, 2.45) is 5.16 Å². The van der Waals surface area contributed by atoms with Crippen molar-refractivity contribution in [2.45, 2.75) is 58.3 Å². The lowest BCUT2D eigenvalue weighted by Crippen LogP contribution is -2.66. The first kappa shape index (κ1) is 31.9. The minimum absolute atomic E-state index is 0.0480. The maximum atomic E-state index is 13.5. The van der Waals surface area contributed by atoms with Crippen molar-refractivity contribution in [1.29, 1.82) is 0 Å². The Kier molecular flexibility index (Phi) is 10.5. The maximum Gasteiger partial charge on any atom is 0.303 e. The van der Waals surface area contributed by atoms with E-state index in [0.717, 1.165) is 13.8 Å². The van der Waals surface area contributed by atoms with Crippen molar-refractivity contribution in [3.8, 4) is 5.75 Å². The van der Waals surface area contributed by atoms with Gasteiger partial charge in [0.15, 0.2) is 17.9 Å². The number of anilines is 1. The summed E-state index contributed by atoms with van der Waals surface area (Å²) in [6, 6.07) is 14.9. The quantitative estimate of drug-likeness (QED) is 0.222. The predicted octanol–water partition coefficient (Wildman–Crippen LogP) is 1.49. The zero-order chi connectivity index (χ0) is 31.8. The van der Waals surface area contributed by atoms with Gasteiger partial charge in [-0.1, -0.05) is 41.6 Å². The van der Waals surface area contributed by atoms with E-state index < -0.39 is 67.0 Å². The summed E-state index contributed by atoms with van der Waals surface area (Å²) in [5, 5.41) is 6.71. The number of esters is 3. The summed E-state index contributed by atoms with van der Waals surface area (Å²) in [6.07, 6.45) is -5.30. The second-order valence-electron chi connectivity index (χ2n) is 9.90. The number of ether oxygens (including phenoxy) is 5. The van der Waals surface area contributed by atoms with Crippen LogP contribution in [-0.4, -0.2) is 85.8 Å². The van der Waals surface area contributed by atoms with E-state index in [1.54, 1.807) is 36.4 Å². The Hall–Kier alpha value is -4.98. The molecule has 0 unspecified atom stereocenters. The Morgan fingerprint density at radius 2 is 1.55 bits per heavy atom. The van der Waals surface area contributed by atoms with Gasteiger partial charge in [0.25, 0.3) is 12.2 Å². The van der Waals surface area contributed by atoms with E-state index in [1.165, 1.54) is 18.7 Å². The smallest absolute Gasteiger partial charge is 0.303 e. The highest BCUT2D eigenvalue weighted by molar-refractivity contribution is 6.54. The van der Waals surface area contributed by atoms with E-state index in [-0.39, 0.29) is 18.9 Å². The molecular weight excluding hydrogens is 578 g/mol. The lowest BCUT2D eigenvalue weighted by Gasteiger charge is -2.43. The zero-order valence-corrected chi connectivity index (χ0v) is 24.6. The van der Waals surface area contributed by atoms with E-state index in [4.69, 9.17) is 28.5 Å². The molecule has 234 valence electrons. The van der Waals surface area contributed by atoms with Crippen molar-refractivity contribution in [3.05, 3.63) is 60.2 Å². The van der Waals surface area contributed by atoms with Gasteiger partial charge in [-0.2, -0.15) is 0 Å². The number of nitrogens with zero attached hydrogens (tertiary/aromatic N) is 2. The van der Waals surface area contributed by atoms with Gasteiger partial charge in [-0.25, -0.2) is 0 Å². The molecule has 2 aliphatic heterocycles. The highest BCUT2D eigenvalue weighted by Gasteiger charge is 2.52. The molecule has 14 nitrogen and oxygen atoms in total. The number of hydrogen-bond acceptors (Lipinski definition) is 12. The van der Waals surface area contributed by atoms with Gasteiger partial charge in [0.05, 0.1) is 12.2 Å². The summed E-state index contributed by atoms with van der Waals surface area (Å²) < 4.78 is 27.7. The van der Waals surface area contributed by atoms with E-state index in [1.807, 2.05) is 18.2 Å². The van der Waals surface area contributed by atoms with Crippen molar-refractivity contribution < 1.29 is 52.5 Å². The third-order valence-corrected chi connectivity index (χ3v) is 6.54. The second kappa shape index (κ2) is 14.5. The van der Waals surface area contributed by atoms with Crippen molar-refractivity contribution >= 4 is 41.1 Å². The van der Waals surface area contributed by atoms with Gasteiger partial charge in [-0.15, -0.1) is 0 Å². The van der Waals surface area contributed by atoms with Crippen LogP contribution in [0.3, 0.4) is 0 Å². The van der Waals surface area contributed by atoms with Gasteiger partial charge in [0, 0.05) is 33.3 Å². The van der Waals surface area contributed by atoms with Crippen molar-refractivity contribution in [2.75, 3.05) is 24.7 Å². The van der Waals surface area contributed by atoms with Crippen LogP contribution in [0, 0.1) is 0 Å². The minimum Gasteiger partial charge on any atom is -0.492 e. The molecule has 0 bridgehead atoms. The molecule has 1 N–H and O–H groups in total. The lowest BCUT2D eigenvalue weighted by molar-refractivity contribution is -0.278. The topological polar surface area (TPSA) is 168 Å². The van der Waals surface area contributed by atoms with E-state index in [2.05, 4.69) is 10.5 Å². The first-order valence-electron chi connectivity index (χ1n) is 13.8. The van der Waals surface area contributed by atoms with Crippen LogP contribution in [0.25, 0.3) is 0 Å². The van der Waals surface area contributed by atoms with Gasteiger partial charge in [0.1, 0.15) is 31.1 Å². The number of amides is 2. The molecular formula is C30H33N3O11. The van der Waals surface area contributed by atoms with Gasteiger partial charge in [-0.3, -0.25) is 24.0 Å². The predicted molar refractivity (Wildman–Crippen MR) is 152 cm³/mol. The molecule has 2 amide bonds. The molecule has 0 saturated carbocycles. The van der Waals surface area contributed by atoms with E-state index >= 15 is 0 Å². The molecule has 4 rings (SSSR count). The summed E-state index contributed by atoms with van der Waals surface area (Å²) in [5.41, 5.74) is 1.02. The summed E-state index contributed by atoms with van der Waals surface area (Å²) >= 11 is 0. The number of carbonyl (C=O) groups is 5. The highest BCUT2D eigenvalue weighted by atomic mass is 16.8. The highest BCUT2D eigenvalue weighted by Crippen LogP contribution is 2.31. The molecule has 2 aliphatic rings. The number of carbonyl (C=O) groups excluding carboxylic acids is 5. The third-order valence-electron chi connectivity index (χ3n) is 6.54. The molecule has 2 heterocycles. The molecule has 0 aliphatic carbocycles. The summed E-state index contributed by atoms with van der Waals surface area (Å²) in [5.74, 6) is -2.51. The van der Waals surface area contributed by atoms with Crippen LogP contribution in [0.2, 0.25) is 0 Å². The number of oxime groups is 1. The number of rotatable bonds is 11. The summed E-state index contributed by atoms with van der Waals surface area (Å²) in [6.45, 7) is 4.65. The Bertz CT molecular complexity index is 1410. The summed E-state index contributed by atoms with van der Waals surface area (Å²) in [4.78, 5) is 68.6. The van der Waals surface area contributed by atoms with Crippen LogP contribution >= 0.6 is 0 Å². The zero-order valence-electron chi connectivity index (χ0n) is 24.6. The molecule has 2 aromatic rings. The Morgan fingerprint density at radius 3 is 2.20 bits per heavy atom. The molecule has 14 heteroatoms. The fourth-order valence-electron chi connectivity index (χ4n) is 4.83. The average Bonchev–Trinajstić information content (AvgIpc) is 3.23. The average molecular weight is 612 g/mol. The fourth-order valence-corrected chi connectivity index (χ4v) is 4.83. The fraction of sp³-hybridized carbons (Fsp3) is 0.400. The van der Waals surface area contributed by atoms with Gasteiger partial charge in [-0.05, 0) is 18.2 Å². The first-order chi connectivity index (χ1) is 21.0. The van der Waals surface area contributed by atoms with Gasteiger partial charge < -0.3 is 38.7 Å². The van der Waals surface area contributed by atoms with Crippen LogP contribution in [0.15, 0.2) is 59.8 Å². The van der Waals surface area contributed by atoms with E-state index in [9.17, 15) is 24.0 Å². The van der Waals surface area contributed by atoms with Crippen molar-refractivity contribution in [3.63, 3.8) is 0 Å². The van der Waals surface area contributed by atoms with Crippen LogP contribution < -0.4 is 15.0 Å². The monoisotopic (exact) mass is 611 g/mol. The Morgan fingerprint density at radius 1 is 0.886 bits per heavy atom. The largest absolute Gasteiger partial charge is 0.492 e. The number of fused-ring (bicyclic) bond motifs is 1. The van der Waals surface area contributed by atoms with Gasteiger partial charge in [0.2, 0.25) is 5.91 Å². The first-order valence-corrected chi connectivity index (χ1v) is 13.8. The number of para-hydroxylation sites is 2. The molecule has 2 aromatic carbocycles. The molecule has 5 atom stereocenters. The Balaban J connectivity index is 1.62. The summed E-state index contributed by atoms with van der Waals surface area (Å²) in [7, 11) is 0. The normalized spacial score (nSPS) is 23.4. The second-order valence-corrected chi connectivity index (χ2v) is 9.90. The maximum absolute atomic E-state index is 13.5. The molecule has 1 saturated heterocycles. The van der Waals surface area contributed by atoms with Crippen molar-refractivity contribution in [1.82, 2.24) is 5.32 Å². The van der Waals surface area contributed by atoms with E-state index in [0.29, 0.717) is 17.0 Å². The lowest BCUT2D eigenvalue weighted by atomic mass is 9.96. The number of nitrogens with one attached hydrogen (secondary N) is 1.